The smallest absolute Gasteiger partial charge is 0.262 e. The van der Waals surface area contributed by atoms with E-state index in [0.717, 1.165) is 11.4 Å². The van der Waals surface area contributed by atoms with Crippen LogP contribution in [0.3, 0.4) is 0 Å². The van der Waals surface area contributed by atoms with E-state index in [0.29, 0.717) is 22.0 Å². The summed E-state index contributed by atoms with van der Waals surface area (Å²) in [7, 11) is 1.61. The van der Waals surface area contributed by atoms with Crippen molar-refractivity contribution in [2.75, 3.05) is 19.0 Å². The predicted molar refractivity (Wildman–Crippen MR) is 112 cm³/mol. The Morgan fingerprint density at radius 2 is 1.82 bits per heavy atom. The number of para-hydroxylation sites is 1. The van der Waals surface area contributed by atoms with E-state index in [4.69, 9.17) is 21.1 Å². The highest BCUT2D eigenvalue weighted by atomic mass is 35.5. The Balaban J connectivity index is 1.67. The van der Waals surface area contributed by atoms with Crippen LogP contribution in [0.4, 0.5) is 11.4 Å². The molecule has 6 heteroatoms. The first-order chi connectivity index (χ1) is 13.6. The molecule has 0 aliphatic carbocycles. The van der Waals surface area contributed by atoms with Crippen molar-refractivity contribution in [2.45, 2.75) is 0 Å². The molecule has 0 radical (unpaired) electrons. The number of amides is 1. The van der Waals surface area contributed by atoms with Gasteiger partial charge in [0.05, 0.1) is 12.8 Å². The Morgan fingerprint density at radius 3 is 2.54 bits per heavy atom. The molecule has 0 aliphatic rings. The number of ether oxygens (including phenoxy) is 2. The molecule has 1 amide bonds. The summed E-state index contributed by atoms with van der Waals surface area (Å²) in [5, 5.41) is 3.33. The second-order valence-corrected chi connectivity index (χ2v) is 6.28. The van der Waals surface area contributed by atoms with Gasteiger partial charge in [-0.05, 0) is 54.6 Å². The number of nitrogens with zero attached hydrogens (tertiary/aromatic N) is 1. The minimum atomic E-state index is -0.251. The molecule has 0 bridgehead atoms. The summed E-state index contributed by atoms with van der Waals surface area (Å²) >= 11 is 6.10. The van der Waals surface area contributed by atoms with Crippen molar-refractivity contribution in [3.8, 4) is 11.5 Å². The Morgan fingerprint density at radius 1 is 1.07 bits per heavy atom. The topological polar surface area (TPSA) is 59.9 Å². The van der Waals surface area contributed by atoms with Crippen LogP contribution in [0.15, 0.2) is 77.8 Å². The van der Waals surface area contributed by atoms with Crippen LogP contribution in [0, 0.1) is 0 Å². The summed E-state index contributed by atoms with van der Waals surface area (Å²) in [5.41, 5.74) is 2.15. The lowest BCUT2D eigenvalue weighted by Gasteiger charge is -2.10. The summed E-state index contributed by atoms with van der Waals surface area (Å²) in [4.78, 5) is 16.5. The van der Waals surface area contributed by atoms with Gasteiger partial charge < -0.3 is 14.8 Å². The van der Waals surface area contributed by atoms with Crippen molar-refractivity contribution < 1.29 is 14.3 Å². The van der Waals surface area contributed by atoms with E-state index in [1.807, 2.05) is 54.6 Å². The van der Waals surface area contributed by atoms with Gasteiger partial charge in [0.15, 0.2) is 6.61 Å². The van der Waals surface area contributed by atoms with Crippen molar-refractivity contribution in [2.24, 2.45) is 4.99 Å². The molecular formula is C22H19ClN2O3. The SMILES string of the molecule is COc1ccc(N=Cc2cc(Cl)ccc2OCC(=O)Nc2ccccc2)cc1. The molecule has 142 valence electrons. The lowest BCUT2D eigenvalue weighted by atomic mass is 10.2. The third-order valence-electron chi connectivity index (χ3n) is 3.81. The zero-order valence-electron chi connectivity index (χ0n) is 15.3. The highest BCUT2D eigenvalue weighted by Gasteiger charge is 2.07. The van der Waals surface area contributed by atoms with Gasteiger partial charge in [-0.15, -0.1) is 0 Å². The standard InChI is InChI=1S/C22H19ClN2O3/c1-27-20-10-8-18(9-11-20)24-14-16-13-17(23)7-12-21(16)28-15-22(26)25-19-5-3-2-4-6-19/h2-14H,15H2,1H3,(H,25,26). The average molecular weight is 395 g/mol. The number of rotatable bonds is 7. The Hall–Kier alpha value is -3.31. The van der Waals surface area contributed by atoms with Gasteiger partial charge in [-0.2, -0.15) is 0 Å². The van der Waals surface area contributed by atoms with Crippen LogP contribution in [-0.2, 0) is 4.79 Å². The number of benzene rings is 3. The van der Waals surface area contributed by atoms with E-state index in [1.165, 1.54) is 0 Å². The molecular weight excluding hydrogens is 376 g/mol. The maximum atomic E-state index is 12.1. The number of halogens is 1. The molecule has 3 aromatic carbocycles. The van der Waals surface area contributed by atoms with Gasteiger partial charge in [0.25, 0.3) is 5.91 Å². The molecule has 3 aromatic rings. The Bertz CT molecular complexity index is 957. The average Bonchev–Trinajstić information content (AvgIpc) is 2.72. The molecule has 0 unspecified atom stereocenters. The summed E-state index contributed by atoms with van der Waals surface area (Å²) < 4.78 is 10.8. The first-order valence-corrected chi connectivity index (χ1v) is 8.97. The van der Waals surface area contributed by atoms with E-state index >= 15 is 0 Å². The Labute approximate surface area is 168 Å². The first-order valence-electron chi connectivity index (χ1n) is 8.59. The fourth-order valence-corrected chi connectivity index (χ4v) is 2.61. The van der Waals surface area contributed by atoms with Crippen LogP contribution >= 0.6 is 11.6 Å². The monoisotopic (exact) mass is 394 g/mol. The van der Waals surface area contributed by atoms with E-state index in [9.17, 15) is 4.79 Å². The third-order valence-corrected chi connectivity index (χ3v) is 4.05. The van der Waals surface area contributed by atoms with Crippen LogP contribution in [-0.4, -0.2) is 25.8 Å². The zero-order chi connectivity index (χ0) is 19.8. The lowest BCUT2D eigenvalue weighted by molar-refractivity contribution is -0.118. The molecule has 0 atom stereocenters. The molecule has 0 spiro atoms. The quantitative estimate of drug-likeness (QED) is 0.566. The van der Waals surface area contributed by atoms with Gasteiger partial charge in [0, 0.05) is 22.5 Å². The van der Waals surface area contributed by atoms with Gasteiger partial charge in [0.2, 0.25) is 0 Å². The minimum Gasteiger partial charge on any atom is -0.497 e. The summed E-state index contributed by atoms with van der Waals surface area (Å²) in [5.74, 6) is 1.03. The molecule has 0 fully saturated rings. The summed E-state index contributed by atoms with van der Waals surface area (Å²) in [6.07, 6.45) is 1.65. The van der Waals surface area contributed by atoms with Crippen LogP contribution in [0.25, 0.3) is 0 Å². The third kappa shape index (κ3) is 5.59. The van der Waals surface area contributed by atoms with Gasteiger partial charge in [-0.3, -0.25) is 9.79 Å². The molecule has 0 saturated heterocycles. The van der Waals surface area contributed by atoms with E-state index in [1.54, 1.807) is 31.5 Å². The van der Waals surface area contributed by atoms with Gasteiger partial charge in [0.1, 0.15) is 11.5 Å². The van der Waals surface area contributed by atoms with Gasteiger partial charge in [-0.1, -0.05) is 29.8 Å². The molecule has 0 aromatic heterocycles. The van der Waals surface area contributed by atoms with E-state index in [2.05, 4.69) is 10.3 Å². The zero-order valence-corrected chi connectivity index (χ0v) is 16.0. The fourth-order valence-electron chi connectivity index (χ4n) is 2.43. The second-order valence-electron chi connectivity index (χ2n) is 5.84. The number of carbonyl (C=O) groups is 1. The van der Waals surface area contributed by atoms with Crippen molar-refractivity contribution in [1.29, 1.82) is 0 Å². The molecule has 5 nitrogen and oxygen atoms in total. The second kappa shape index (κ2) is 9.58. The highest BCUT2D eigenvalue weighted by molar-refractivity contribution is 6.30. The van der Waals surface area contributed by atoms with Crippen LogP contribution in [0.1, 0.15) is 5.56 Å². The summed E-state index contributed by atoms with van der Waals surface area (Å²) in [6.45, 7) is -0.125. The van der Waals surface area contributed by atoms with E-state index in [-0.39, 0.29) is 12.5 Å². The van der Waals surface area contributed by atoms with Crippen molar-refractivity contribution in [1.82, 2.24) is 0 Å². The van der Waals surface area contributed by atoms with Crippen molar-refractivity contribution >= 4 is 35.1 Å². The maximum Gasteiger partial charge on any atom is 0.262 e. The minimum absolute atomic E-state index is 0.125. The number of aliphatic imine (C=N–C) groups is 1. The number of hydrogen-bond donors (Lipinski definition) is 1. The lowest BCUT2D eigenvalue weighted by Crippen LogP contribution is -2.20. The normalized spacial score (nSPS) is 10.6. The van der Waals surface area contributed by atoms with Crippen LogP contribution in [0.5, 0.6) is 11.5 Å². The number of nitrogens with one attached hydrogen (secondary N) is 1. The highest BCUT2D eigenvalue weighted by Crippen LogP contribution is 2.23. The molecule has 3 rings (SSSR count). The first kappa shape index (κ1) is 19.5. The number of methoxy groups -OCH3 is 1. The summed E-state index contributed by atoms with van der Waals surface area (Å²) in [6, 6.07) is 21.7. The number of anilines is 1. The molecule has 0 heterocycles. The van der Waals surface area contributed by atoms with Gasteiger partial charge in [-0.25, -0.2) is 0 Å². The number of hydrogen-bond acceptors (Lipinski definition) is 4. The predicted octanol–water partition coefficient (Wildman–Crippen LogP) is 5.12. The van der Waals surface area contributed by atoms with E-state index < -0.39 is 0 Å². The Kier molecular flexibility index (Phi) is 6.65. The molecule has 1 N–H and O–H groups in total. The van der Waals surface area contributed by atoms with Crippen LogP contribution in [0.2, 0.25) is 5.02 Å². The van der Waals surface area contributed by atoms with Crippen LogP contribution < -0.4 is 14.8 Å². The van der Waals surface area contributed by atoms with Gasteiger partial charge >= 0.3 is 0 Å². The fraction of sp³-hybridized carbons (Fsp3) is 0.0909. The largest absolute Gasteiger partial charge is 0.497 e. The van der Waals surface area contributed by atoms with Crippen molar-refractivity contribution in [3.05, 3.63) is 83.4 Å². The molecule has 0 aliphatic heterocycles. The maximum absolute atomic E-state index is 12.1. The van der Waals surface area contributed by atoms with Crippen molar-refractivity contribution in [3.63, 3.8) is 0 Å². The molecule has 28 heavy (non-hydrogen) atoms. The molecule has 0 saturated carbocycles. The number of carbonyl (C=O) groups excluding carboxylic acids is 1.